The van der Waals surface area contributed by atoms with Crippen LogP contribution in [0.15, 0.2) is 71.4 Å². The van der Waals surface area contributed by atoms with Crippen molar-refractivity contribution in [2.45, 2.75) is 20.3 Å². The minimum atomic E-state index is -0.635. The zero-order valence-electron chi connectivity index (χ0n) is 19.7. The maximum Gasteiger partial charge on any atom is 0.363 e. The second-order valence-corrected chi connectivity index (χ2v) is 9.10. The monoisotopic (exact) mass is 598 g/mol. The number of carbonyl (C=O) groups excluding carboxylic acids is 1. The molecular weight excluding hydrogens is 575 g/mol. The molecule has 0 unspecified atom stereocenters. The van der Waals surface area contributed by atoms with Gasteiger partial charge in [-0.3, -0.25) is 10.1 Å². The summed E-state index contributed by atoms with van der Waals surface area (Å²) in [5.74, 6) is 0.592. The van der Waals surface area contributed by atoms with Crippen LogP contribution in [-0.2, 0) is 16.0 Å². The van der Waals surface area contributed by atoms with E-state index in [1.54, 1.807) is 31.2 Å². The molecule has 3 aromatic carbocycles. The summed E-state index contributed by atoms with van der Waals surface area (Å²) < 4.78 is 18.0. The van der Waals surface area contributed by atoms with Crippen molar-refractivity contribution < 1.29 is 23.9 Å². The van der Waals surface area contributed by atoms with Crippen LogP contribution in [0.5, 0.6) is 11.5 Å². The smallest absolute Gasteiger partial charge is 0.363 e. The summed E-state index contributed by atoms with van der Waals surface area (Å²) in [5.41, 5.74) is 2.75. The van der Waals surface area contributed by atoms with Crippen LogP contribution in [0.1, 0.15) is 29.2 Å². The number of aryl methyl sites for hydroxylation is 1. The molecular formula is C27H23IN2O6. The van der Waals surface area contributed by atoms with Crippen LogP contribution in [0.2, 0.25) is 0 Å². The Morgan fingerprint density at radius 1 is 1.11 bits per heavy atom. The first kappa shape index (κ1) is 25.4. The van der Waals surface area contributed by atoms with Crippen molar-refractivity contribution in [2.24, 2.45) is 4.99 Å². The number of cyclic esters (lactones) is 1. The van der Waals surface area contributed by atoms with Crippen molar-refractivity contribution in [1.82, 2.24) is 0 Å². The van der Waals surface area contributed by atoms with Crippen molar-refractivity contribution in [3.05, 3.63) is 102 Å². The maximum atomic E-state index is 12.5. The van der Waals surface area contributed by atoms with Crippen molar-refractivity contribution in [3.8, 4) is 11.5 Å². The van der Waals surface area contributed by atoms with E-state index in [1.807, 2.05) is 31.2 Å². The lowest BCUT2D eigenvalue weighted by atomic mass is 10.1. The molecule has 0 aliphatic carbocycles. The molecule has 0 atom stereocenters. The summed E-state index contributed by atoms with van der Waals surface area (Å²) in [7, 11) is 0. The first-order valence-corrected chi connectivity index (χ1v) is 12.3. The molecule has 0 spiro atoms. The van der Waals surface area contributed by atoms with E-state index in [-0.39, 0.29) is 17.3 Å². The van der Waals surface area contributed by atoms with E-state index in [0.717, 1.165) is 9.99 Å². The van der Waals surface area contributed by atoms with E-state index in [0.29, 0.717) is 41.4 Å². The zero-order valence-corrected chi connectivity index (χ0v) is 21.9. The Morgan fingerprint density at radius 2 is 1.89 bits per heavy atom. The molecule has 8 nitrogen and oxygen atoms in total. The van der Waals surface area contributed by atoms with E-state index in [2.05, 4.69) is 39.7 Å². The van der Waals surface area contributed by atoms with E-state index in [4.69, 9.17) is 14.2 Å². The highest BCUT2D eigenvalue weighted by molar-refractivity contribution is 14.1. The average Bonchev–Trinajstić information content (AvgIpc) is 3.21. The zero-order chi connectivity index (χ0) is 25.7. The van der Waals surface area contributed by atoms with Gasteiger partial charge in [0, 0.05) is 23.6 Å². The highest BCUT2D eigenvalue weighted by Gasteiger charge is 2.26. The van der Waals surface area contributed by atoms with Gasteiger partial charge in [-0.05, 0) is 71.8 Å². The van der Waals surface area contributed by atoms with Gasteiger partial charge in [0.25, 0.3) is 5.69 Å². The third-order valence-corrected chi connectivity index (χ3v) is 6.19. The van der Waals surface area contributed by atoms with E-state index < -0.39 is 10.9 Å². The van der Waals surface area contributed by atoms with Crippen molar-refractivity contribution in [3.63, 3.8) is 0 Å². The quantitative estimate of drug-likeness (QED) is 0.100. The lowest BCUT2D eigenvalue weighted by Gasteiger charge is -2.15. The average molecular weight is 598 g/mol. The molecule has 0 fully saturated rings. The Morgan fingerprint density at radius 3 is 2.61 bits per heavy atom. The van der Waals surface area contributed by atoms with Gasteiger partial charge >= 0.3 is 5.97 Å². The molecule has 0 radical (unpaired) electrons. The van der Waals surface area contributed by atoms with Gasteiger partial charge in [0.15, 0.2) is 17.2 Å². The second-order valence-electron chi connectivity index (χ2n) is 7.94. The molecule has 0 aromatic heterocycles. The number of aliphatic imine (C=N–C) groups is 1. The number of nitro groups is 1. The Bertz CT molecular complexity index is 1370. The van der Waals surface area contributed by atoms with Crippen molar-refractivity contribution in [2.75, 3.05) is 13.2 Å². The Labute approximate surface area is 221 Å². The third kappa shape index (κ3) is 5.91. The first-order chi connectivity index (χ1) is 17.4. The van der Waals surface area contributed by atoms with Crippen LogP contribution in [0.3, 0.4) is 0 Å². The van der Waals surface area contributed by atoms with Crippen molar-refractivity contribution >= 4 is 46.2 Å². The number of nitrogens with zero attached hydrogens (tertiary/aromatic N) is 2. The summed E-state index contributed by atoms with van der Waals surface area (Å²) in [4.78, 5) is 27.6. The maximum absolute atomic E-state index is 12.5. The molecule has 3 aromatic rings. The minimum Gasteiger partial charge on any atom is -0.490 e. The summed E-state index contributed by atoms with van der Waals surface area (Å²) in [5, 5.41) is 11.3. The molecule has 9 heteroatoms. The minimum absolute atomic E-state index is 0.0231. The number of hydrogen-bond acceptors (Lipinski definition) is 7. The van der Waals surface area contributed by atoms with E-state index in [9.17, 15) is 14.9 Å². The fourth-order valence-corrected chi connectivity index (χ4v) is 4.40. The summed E-state index contributed by atoms with van der Waals surface area (Å²) in [6.45, 7) is 4.46. The molecule has 0 amide bonds. The van der Waals surface area contributed by atoms with Crippen LogP contribution >= 0.6 is 22.6 Å². The molecule has 0 bridgehead atoms. The molecule has 0 saturated carbocycles. The molecule has 0 N–H and O–H groups in total. The van der Waals surface area contributed by atoms with Crippen molar-refractivity contribution in [1.29, 1.82) is 0 Å². The summed E-state index contributed by atoms with van der Waals surface area (Å²) in [6.07, 6.45) is 2.35. The Balaban J connectivity index is 1.58. The lowest BCUT2D eigenvalue weighted by molar-refractivity contribution is -0.385. The predicted molar refractivity (Wildman–Crippen MR) is 144 cm³/mol. The molecule has 1 aliphatic heterocycles. The number of hydrogen-bond donors (Lipinski definition) is 0. The normalized spacial score (nSPS) is 13.9. The first-order valence-electron chi connectivity index (χ1n) is 11.3. The lowest BCUT2D eigenvalue weighted by Crippen LogP contribution is -2.06. The van der Waals surface area contributed by atoms with Gasteiger partial charge in [-0.2, -0.15) is 0 Å². The molecule has 36 heavy (non-hydrogen) atoms. The number of rotatable bonds is 9. The van der Waals surface area contributed by atoms with Gasteiger partial charge in [0.05, 0.1) is 21.7 Å². The number of benzene rings is 3. The van der Waals surface area contributed by atoms with Gasteiger partial charge in [-0.25, -0.2) is 9.79 Å². The number of ether oxygens (including phenoxy) is 3. The predicted octanol–water partition coefficient (Wildman–Crippen LogP) is 5.87. The van der Waals surface area contributed by atoms with Crippen LogP contribution in [0.4, 0.5) is 5.69 Å². The molecule has 0 saturated heterocycles. The fraction of sp³-hybridized carbons (Fsp3) is 0.185. The van der Waals surface area contributed by atoms with Gasteiger partial charge in [-0.1, -0.05) is 36.4 Å². The number of nitro benzene ring substituents is 1. The van der Waals surface area contributed by atoms with E-state index >= 15 is 0 Å². The van der Waals surface area contributed by atoms with Gasteiger partial charge in [-0.15, -0.1) is 0 Å². The molecule has 4 rings (SSSR count). The Kier molecular flexibility index (Phi) is 7.99. The standard InChI is InChI=1S/C27H23IN2O6/c1-3-34-24-15-19(13-21(28)25(24)35-12-11-18-7-5-4-6-8-18)14-22-27(31)36-26(29-22)20-10-9-17(2)23(16-20)30(32)33/h4-10,13-16H,3,11-12H2,1-2H3/b22-14-. The highest BCUT2D eigenvalue weighted by atomic mass is 127. The van der Waals surface area contributed by atoms with Gasteiger partial charge in [0.1, 0.15) is 0 Å². The molecule has 1 heterocycles. The number of halogens is 1. The summed E-state index contributed by atoms with van der Waals surface area (Å²) >= 11 is 2.17. The largest absolute Gasteiger partial charge is 0.490 e. The summed E-state index contributed by atoms with van der Waals surface area (Å²) in [6, 6.07) is 18.3. The second kappa shape index (κ2) is 11.3. The Hall–Kier alpha value is -3.73. The third-order valence-electron chi connectivity index (χ3n) is 5.39. The molecule has 184 valence electrons. The van der Waals surface area contributed by atoms with Crippen LogP contribution in [0.25, 0.3) is 6.08 Å². The van der Waals surface area contributed by atoms with Gasteiger partial charge in [0.2, 0.25) is 5.90 Å². The van der Waals surface area contributed by atoms with Crippen LogP contribution < -0.4 is 9.47 Å². The highest BCUT2D eigenvalue weighted by Crippen LogP contribution is 2.35. The topological polar surface area (TPSA) is 100 Å². The van der Waals surface area contributed by atoms with Crippen LogP contribution in [0, 0.1) is 20.6 Å². The fourth-order valence-electron chi connectivity index (χ4n) is 3.62. The van der Waals surface area contributed by atoms with E-state index in [1.165, 1.54) is 11.6 Å². The number of carbonyl (C=O) groups is 1. The number of esters is 1. The molecule has 1 aliphatic rings. The SMILES string of the molecule is CCOc1cc(/C=C2\N=C(c3ccc(C)c([N+](=O)[O-])c3)OC2=O)cc(I)c1OCCc1ccccc1. The van der Waals surface area contributed by atoms with Crippen LogP contribution in [-0.4, -0.2) is 30.0 Å². The van der Waals surface area contributed by atoms with Gasteiger partial charge < -0.3 is 14.2 Å².